The molecule has 0 aliphatic heterocycles. The Balaban J connectivity index is 2.67. The molecule has 0 amide bonds. The van der Waals surface area contributed by atoms with E-state index in [9.17, 15) is 13.2 Å². The third-order valence-electron chi connectivity index (χ3n) is 2.78. The molecule has 0 unspecified atom stereocenters. The summed E-state index contributed by atoms with van der Waals surface area (Å²) in [5, 5.41) is 3.24. The molecule has 1 N–H and O–H groups in total. The number of nitrogens with one attached hydrogen (secondary N) is 1. The standard InChI is InChI=1S/C15H22F3NO2/c1-11(2)9-19-10-12-8-13(20-3)4-5-14(12)21-7-6-15(16,17)18/h4-5,8,11,19H,6-7,9-10H2,1-3H3. The minimum atomic E-state index is -4.21. The molecule has 120 valence electrons. The van der Waals surface area contributed by atoms with Crippen molar-refractivity contribution in [1.29, 1.82) is 0 Å². The molecular weight excluding hydrogens is 283 g/mol. The van der Waals surface area contributed by atoms with E-state index in [2.05, 4.69) is 19.2 Å². The number of methoxy groups -OCH3 is 1. The molecule has 0 atom stereocenters. The first-order chi connectivity index (χ1) is 9.81. The molecule has 0 aromatic heterocycles. The van der Waals surface area contributed by atoms with Gasteiger partial charge in [-0.15, -0.1) is 0 Å². The van der Waals surface area contributed by atoms with E-state index in [0.29, 0.717) is 24.0 Å². The highest BCUT2D eigenvalue weighted by molar-refractivity contribution is 5.40. The maximum absolute atomic E-state index is 12.2. The SMILES string of the molecule is COc1ccc(OCCC(F)(F)F)c(CNCC(C)C)c1. The fraction of sp³-hybridized carbons (Fsp3) is 0.600. The summed E-state index contributed by atoms with van der Waals surface area (Å²) in [6.45, 7) is 5.13. The molecule has 0 aliphatic rings. The molecule has 0 spiro atoms. The lowest BCUT2D eigenvalue weighted by atomic mass is 10.1. The van der Waals surface area contributed by atoms with Crippen LogP contribution in [0.1, 0.15) is 25.8 Å². The second-order valence-electron chi connectivity index (χ2n) is 5.21. The lowest BCUT2D eigenvalue weighted by Gasteiger charge is -2.15. The van der Waals surface area contributed by atoms with Gasteiger partial charge < -0.3 is 14.8 Å². The largest absolute Gasteiger partial charge is 0.497 e. The Morgan fingerprint density at radius 2 is 1.95 bits per heavy atom. The van der Waals surface area contributed by atoms with Crippen molar-refractivity contribution in [2.24, 2.45) is 5.92 Å². The lowest BCUT2D eigenvalue weighted by Crippen LogP contribution is -2.20. The fourth-order valence-corrected chi connectivity index (χ4v) is 1.73. The Kier molecular flexibility index (Phi) is 6.81. The first-order valence-corrected chi connectivity index (χ1v) is 6.89. The number of hydrogen-bond acceptors (Lipinski definition) is 3. The molecule has 0 radical (unpaired) electrons. The molecule has 0 aliphatic carbocycles. The molecular formula is C15H22F3NO2. The van der Waals surface area contributed by atoms with E-state index in [1.807, 2.05) is 0 Å². The second-order valence-corrected chi connectivity index (χ2v) is 5.21. The van der Waals surface area contributed by atoms with Gasteiger partial charge in [0, 0.05) is 12.1 Å². The van der Waals surface area contributed by atoms with Gasteiger partial charge in [0.2, 0.25) is 0 Å². The van der Waals surface area contributed by atoms with Gasteiger partial charge in [-0.1, -0.05) is 13.8 Å². The van der Waals surface area contributed by atoms with Crippen LogP contribution in [0.2, 0.25) is 0 Å². The monoisotopic (exact) mass is 305 g/mol. The molecule has 21 heavy (non-hydrogen) atoms. The highest BCUT2D eigenvalue weighted by Gasteiger charge is 2.27. The quantitative estimate of drug-likeness (QED) is 0.793. The zero-order valence-corrected chi connectivity index (χ0v) is 12.6. The molecule has 0 bridgehead atoms. The molecule has 1 aromatic rings. The smallest absolute Gasteiger partial charge is 0.392 e. The van der Waals surface area contributed by atoms with Crippen LogP contribution in [0.4, 0.5) is 13.2 Å². The van der Waals surface area contributed by atoms with Gasteiger partial charge in [-0.3, -0.25) is 0 Å². The van der Waals surface area contributed by atoms with E-state index < -0.39 is 12.6 Å². The number of halogens is 3. The molecule has 0 saturated carbocycles. The van der Waals surface area contributed by atoms with Crippen LogP contribution >= 0.6 is 0 Å². The van der Waals surface area contributed by atoms with Crippen LogP contribution < -0.4 is 14.8 Å². The van der Waals surface area contributed by atoms with Crippen molar-refractivity contribution in [1.82, 2.24) is 5.32 Å². The van der Waals surface area contributed by atoms with Gasteiger partial charge >= 0.3 is 6.18 Å². The second kappa shape index (κ2) is 8.12. The Morgan fingerprint density at radius 1 is 1.24 bits per heavy atom. The fourth-order valence-electron chi connectivity index (χ4n) is 1.73. The van der Waals surface area contributed by atoms with Crippen LogP contribution in [0.15, 0.2) is 18.2 Å². The van der Waals surface area contributed by atoms with Crippen molar-refractivity contribution >= 4 is 0 Å². The molecule has 0 heterocycles. The number of alkyl halides is 3. The van der Waals surface area contributed by atoms with Gasteiger partial charge in [-0.2, -0.15) is 13.2 Å². The first-order valence-electron chi connectivity index (χ1n) is 6.89. The van der Waals surface area contributed by atoms with Gasteiger partial charge in [0.25, 0.3) is 0 Å². The van der Waals surface area contributed by atoms with Gasteiger partial charge in [0.05, 0.1) is 20.1 Å². The predicted octanol–water partition coefficient (Wildman–Crippen LogP) is 3.77. The normalized spacial score (nSPS) is 11.8. The van der Waals surface area contributed by atoms with Gasteiger partial charge in [0.15, 0.2) is 0 Å². The van der Waals surface area contributed by atoms with Crippen molar-refractivity contribution in [3.8, 4) is 11.5 Å². The number of rotatable bonds is 8. The van der Waals surface area contributed by atoms with Gasteiger partial charge in [0.1, 0.15) is 11.5 Å². The molecule has 0 saturated heterocycles. The maximum atomic E-state index is 12.2. The summed E-state index contributed by atoms with van der Waals surface area (Å²) < 4.78 is 46.9. The van der Waals surface area contributed by atoms with Crippen LogP contribution in [-0.4, -0.2) is 26.4 Å². The highest BCUT2D eigenvalue weighted by atomic mass is 19.4. The zero-order valence-electron chi connectivity index (χ0n) is 12.6. The number of hydrogen-bond donors (Lipinski definition) is 1. The Labute approximate surface area is 123 Å². The summed E-state index contributed by atoms with van der Waals surface area (Å²) in [4.78, 5) is 0. The van der Waals surface area contributed by atoms with E-state index in [4.69, 9.17) is 9.47 Å². The molecule has 1 aromatic carbocycles. The topological polar surface area (TPSA) is 30.5 Å². The lowest BCUT2D eigenvalue weighted by molar-refractivity contribution is -0.139. The third-order valence-corrected chi connectivity index (χ3v) is 2.78. The Hall–Kier alpha value is -1.43. The van der Waals surface area contributed by atoms with E-state index in [0.717, 1.165) is 12.1 Å². The van der Waals surface area contributed by atoms with Crippen LogP contribution in [0.3, 0.4) is 0 Å². The van der Waals surface area contributed by atoms with Crippen molar-refractivity contribution in [2.45, 2.75) is 33.0 Å². The van der Waals surface area contributed by atoms with Gasteiger partial charge in [-0.05, 0) is 30.7 Å². The third kappa shape index (κ3) is 7.22. The van der Waals surface area contributed by atoms with Crippen molar-refractivity contribution in [3.05, 3.63) is 23.8 Å². The van der Waals surface area contributed by atoms with E-state index >= 15 is 0 Å². The van der Waals surface area contributed by atoms with E-state index in [1.165, 1.54) is 0 Å². The highest BCUT2D eigenvalue weighted by Crippen LogP contribution is 2.26. The van der Waals surface area contributed by atoms with E-state index in [1.54, 1.807) is 25.3 Å². The average Bonchev–Trinajstić information content (AvgIpc) is 2.38. The average molecular weight is 305 g/mol. The number of ether oxygens (including phenoxy) is 2. The minimum Gasteiger partial charge on any atom is -0.497 e. The van der Waals surface area contributed by atoms with Gasteiger partial charge in [-0.25, -0.2) is 0 Å². The summed E-state index contributed by atoms with van der Waals surface area (Å²) >= 11 is 0. The summed E-state index contributed by atoms with van der Waals surface area (Å²) in [7, 11) is 1.55. The summed E-state index contributed by atoms with van der Waals surface area (Å²) in [5.41, 5.74) is 0.789. The molecule has 3 nitrogen and oxygen atoms in total. The Morgan fingerprint density at radius 3 is 2.52 bits per heavy atom. The summed E-state index contributed by atoms with van der Waals surface area (Å²) in [6.07, 6.45) is -5.17. The molecule has 1 rings (SSSR count). The molecule has 0 fully saturated rings. The van der Waals surface area contributed by atoms with Crippen molar-refractivity contribution in [2.75, 3.05) is 20.3 Å². The van der Waals surface area contributed by atoms with Crippen molar-refractivity contribution < 1.29 is 22.6 Å². The van der Waals surface area contributed by atoms with Crippen LogP contribution in [0.25, 0.3) is 0 Å². The maximum Gasteiger partial charge on any atom is 0.392 e. The Bertz CT molecular complexity index is 433. The van der Waals surface area contributed by atoms with E-state index in [-0.39, 0.29) is 6.61 Å². The number of benzene rings is 1. The zero-order chi connectivity index (χ0) is 15.9. The predicted molar refractivity (Wildman–Crippen MR) is 75.7 cm³/mol. The summed E-state index contributed by atoms with van der Waals surface area (Å²) in [6, 6.07) is 5.09. The minimum absolute atomic E-state index is 0.382. The molecule has 6 heteroatoms. The summed E-state index contributed by atoms with van der Waals surface area (Å²) in [5.74, 6) is 1.60. The van der Waals surface area contributed by atoms with Crippen LogP contribution in [0.5, 0.6) is 11.5 Å². The van der Waals surface area contributed by atoms with Crippen LogP contribution in [-0.2, 0) is 6.54 Å². The van der Waals surface area contributed by atoms with Crippen LogP contribution in [0, 0.1) is 5.92 Å². The first kappa shape index (κ1) is 17.6. The van der Waals surface area contributed by atoms with Crippen molar-refractivity contribution in [3.63, 3.8) is 0 Å².